The van der Waals surface area contributed by atoms with Crippen molar-refractivity contribution in [3.05, 3.63) is 63.7 Å². The molecule has 3 rings (SSSR count). The SMILES string of the molecule is COC(=O)c1ccccc1NC(=O)c1ccc(N2CCN(C)CC2)c([N+](=O)[O-])c1. The van der Waals surface area contributed by atoms with Gasteiger partial charge in [-0.15, -0.1) is 0 Å². The number of benzene rings is 2. The molecule has 1 fully saturated rings. The summed E-state index contributed by atoms with van der Waals surface area (Å²) in [5.41, 5.74) is 0.981. The standard InChI is InChI=1S/C20H22N4O5/c1-22-9-11-23(12-10-22)17-8-7-14(13-18(17)24(27)28)19(25)21-16-6-4-3-5-15(16)20(26)29-2/h3-8,13H,9-12H2,1-2H3,(H,21,25). The summed E-state index contributed by atoms with van der Waals surface area (Å²) in [7, 11) is 3.26. The second-order valence-corrected chi connectivity index (χ2v) is 6.74. The Morgan fingerprint density at radius 1 is 1.10 bits per heavy atom. The molecule has 0 aromatic heterocycles. The summed E-state index contributed by atoms with van der Waals surface area (Å²) in [5, 5.41) is 14.3. The normalized spacial score (nSPS) is 14.3. The third-order valence-electron chi connectivity index (χ3n) is 4.86. The number of nitro benzene ring substituents is 1. The Labute approximate surface area is 168 Å². The van der Waals surface area contributed by atoms with Gasteiger partial charge in [-0.3, -0.25) is 14.9 Å². The molecule has 2 aromatic rings. The number of nitrogens with one attached hydrogen (secondary N) is 1. The number of esters is 1. The Kier molecular flexibility index (Phi) is 6.08. The number of piperazine rings is 1. The molecule has 0 unspecified atom stereocenters. The second-order valence-electron chi connectivity index (χ2n) is 6.74. The number of amides is 1. The van der Waals surface area contributed by atoms with Crippen LogP contribution in [0.25, 0.3) is 0 Å². The maximum atomic E-state index is 12.7. The number of ether oxygens (including phenoxy) is 1. The highest BCUT2D eigenvalue weighted by Crippen LogP contribution is 2.30. The van der Waals surface area contributed by atoms with Crippen molar-refractivity contribution in [2.24, 2.45) is 0 Å². The zero-order chi connectivity index (χ0) is 21.0. The quantitative estimate of drug-likeness (QED) is 0.468. The number of anilines is 2. The Morgan fingerprint density at radius 3 is 2.45 bits per heavy atom. The fourth-order valence-electron chi connectivity index (χ4n) is 3.20. The number of nitrogens with zero attached hydrogens (tertiary/aromatic N) is 3. The van der Waals surface area contributed by atoms with Gasteiger partial charge in [0.05, 0.1) is 23.3 Å². The zero-order valence-corrected chi connectivity index (χ0v) is 16.3. The van der Waals surface area contributed by atoms with Crippen molar-refractivity contribution in [2.45, 2.75) is 0 Å². The number of nitro groups is 1. The molecule has 0 atom stereocenters. The van der Waals surface area contributed by atoms with Crippen LogP contribution in [0.2, 0.25) is 0 Å². The molecule has 9 heteroatoms. The fourth-order valence-corrected chi connectivity index (χ4v) is 3.20. The van der Waals surface area contributed by atoms with Crippen LogP contribution in [0.5, 0.6) is 0 Å². The average molecular weight is 398 g/mol. The molecular weight excluding hydrogens is 376 g/mol. The van der Waals surface area contributed by atoms with Crippen LogP contribution >= 0.6 is 0 Å². The molecule has 1 N–H and O–H groups in total. The summed E-state index contributed by atoms with van der Waals surface area (Å²) in [6.07, 6.45) is 0. The Morgan fingerprint density at radius 2 is 1.79 bits per heavy atom. The maximum absolute atomic E-state index is 12.7. The van der Waals surface area contributed by atoms with Crippen LogP contribution < -0.4 is 10.2 Å². The molecule has 1 amide bonds. The first kappa shape index (κ1) is 20.3. The molecule has 29 heavy (non-hydrogen) atoms. The number of rotatable bonds is 5. The lowest BCUT2D eigenvalue weighted by atomic mass is 10.1. The summed E-state index contributed by atoms with van der Waals surface area (Å²) in [4.78, 5) is 39.8. The van der Waals surface area contributed by atoms with Crippen molar-refractivity contribution < 1.29 is 19.2 Å². The van der Waals surface area contributed by atoms with Crippen molar-refractivity contribution in [1.29, 1.82) is 0 Å². The molecule has 1 saturated heterocycles. The van der Waals surface area contributed by atoms with Gasteiger partial charge in [0.25, 0.3) is 11.6 Å². The molecular formula is C20H22N4O5. The van der Waals surface area contributed by atoms with E-state index in [0.717, 1.165) is 13.1 Å². The highest BCUT2D eigenvalue weighted by molar-refractivity contribution is 6.08. The molecule has 0 radical (unpaired) electrons. The van der Waals surface area contributed by atoms with Gasteiger partial charge in [0.15, 0.2) is 0 Å². The number of carbonyl (C=O) groups is 2. The number of carbonyl (C=O) groups excluding carboxylic acids is 2. The van der Waals surface area contributed by atoms with E-state index in [1.54, 1.807) is 30.3 Å². The van der Waals surface area contributed by atoms with Crippen molar-refractivity contribution in [3.63, 3.8) is 0 Å². The number of likely N-dealkylation sites (N-methyl/N-ethyl adjacent to an activating group) is 1. The van der Waals surface area contributed by atoms with Crippen LogP contribution in [0.15, 0.2) is 42.5 Å². The number of methoxy groups -OCH3 is 1. The topological polar surface area (TPSA) is 105 Å². The predicted octanol–water partition coefficient (Wildman–Crippen LogP) is 2.39. The predicted molar refractivity (Wildman–Crippen MR) is 109 cm³/mol. The van der Waals surface area contributed by atoms with Gasteiger partial charge in [-0.1, -0.05) is 12.1 Å². The average Bonchev–Trinajstić information content (AvgIpc) is 2.73. The first-order chi connectivity index (χ1) is 13.9. The Balaban J connectivity index is 1.86. The molecule has 1 heterocycles. The van der Waals surface area contributed by atoms with Crippen molar-refractivity contribution in [1.82, 2.24) is 4.90 Å². The minimum atomic E-state index is -0.586. The third kappa shape index (κ3) is 4.52. The summed E-state index contributed by atoms with van der Waals surface area (Å²) in [6.45, 7) is 2.97. The van der Waals surface area contributed by atoms with E-state index >= 15 is 0 Å². The fraction of sp³-hybridized carbons (Fsp3) is 0.300. The highest BCUT2D eigenvalue weighted by Gasteiger charge is 2.24. The van der Waals surface area contributed by atoms with Gasteiger partial charge in [0.1, 0.15) is 5.69 Å². The second kappa shape index (κ2) is 8.70. The summed E-state index contributed by atoms with van der Waals surface area (Å²) >= 11 is 0. The number of para-hydroxylation sites is 1. The van der Waals surface area contributed by atoms with Gasteiger partial charge < -0.3 is 19.9 Å². The third-order valence-corrected chi connectivity index (χ3v) is 4.86. The highest BCUT2D eigenvalue weighted by atomic mass is 16.6. The van der Waals surface area contributed by atoms with Gasteiger partial charge in [-0.05, 0) is 31.3 Å². The van der Waals surface area contributed by atoms with Crippen LogP contribution in [0.4, 0.5) is 17.1 Å². The molecule has 9 nitrogen and oxygen atoms in total. The van der Waals surface area contributed by atoms with Crippen LogP contribution in [0, 0.1) is 10.1 Å². The van der Waals surface area contributed by atoms with Gasteiger partial charge >= 0.3 is 5.97 Å². The first-order valence-corrected chi connectivity index (χ1v) is 9.11. The molecule has 152 valence electrons. The minimum absolute atomic E-state index is 0.122. The van der Waals surface area contributed by atoms with Crippen molar-refractivity contribution >= 4 is 28.9 Å². The van der Waals surface area contributed by atoms with E-state index in [1.807, 2.05) is 11.9 Å². The van der Waals surface area contributed by atoms with Crippen LogP contribution in [-0.4, -0.2) is 62.0 Å². The van der Waals surface area contributed by atoms with Gasteiger partial charge in [0, 0.05) is 37.8 Å². The summed E-state index contributed by atoms with van der Waals surface area (Å²) in [5.74, 6) is -1.13. The molecule has 0 aliphatic carbocycles. The van der Waals surface area contributed by atoms with E-state index in [0.29, 0.717) is 18.8 Å². The molecule has 0 spiro atoms. The van der Waals surface area contributed by atoms with Crippen LogP contribution in [-0.2, 0) is 4.74 Å². The van der Waals surface area contributed by atoms with E-state index in [1.165, 1.54) is 19.2 Å². The Hall–Kier alpha value is -3.46. The largest absolute Gasteiger partial charge is 0.465 e. The molecule has 2 aromatic carbocycles. The van der Waals surface area contributed by atoms with Gasteiger partial charge in [-0.25, -0.2) is 4.79 Å². The van der Waals surface area contributed by atoms with Crippen LogP contribution in [0.3, 0.4) is 0 Å². The first-order valence-electron chi connectivity index (χ1n) is 9.11. The lowest BCUT2D eigenvalue weighted by Gasteiger charge is -2.33. The van der Waals surface area contributed by atoms with E-state index < -0.39 is 16.8 Å². The summed E-state index contributed by atoms with van der Waals surface area (Å²) < 4.78 is 4.72. The van der Waals surface area contributed by atoms with Gasteiger partial charge in [-0.2, -0.15) is 0 Å². The molecule has 1 aliphatic heterocycles. The maximum Gasteiger partial charge on any atom is 0.339 e. The van der Waals surface area contributed by atoms with Crippen LogP contribution in [0.1, 0.15) is 20.7 Å². The number of hydrogen-bond donors (Lipinski definition) is 1. The van der Waals surface area contributed by atoms with E-state index in [9.17, 15) is 19.7 Å². The van der Waals surface area contributed by atoms with E-state index in [-0.39, 0.29) is 22.5 Å². The van der Waals surface area contributed by atoms with Gasteiger partial charge in [0.2, 0.25) is 0 Å². The molecule has 0 bridgehead atoms. The van der Waals surface area contributed by atoms with E-state index in [2.05, 4.69) is 10.2 Å². The van der Waals surface area contributed by atoms with E-state index in [4.69, 9.17) is 4.74 Å². The molecule has 0 saturated carbocycles. The smallest absolute Gasteiger partial charge is 0.339 e. The lowest BCUT2D eigenvalue weighted by Crippen LogP contribution is -2.44. The zero-order valence-electron chi connectivity index (χ0n) is 16.3. The lowest BCUT2D eigenvalue weighted by molar-refractivity contribution is -0.384. The number of hydrogen-bond acceptors (Lipinski definition) is 7. The monoisotopic (exact) mass is 398 g/mol. The minimum Gasteiger partial charge on any atom is -0.465 e. The summed E-state index contributed by atoms with van der Waals surface area (Å²) in [6, 6.07) is 10.8. The van der Waals surface area contributed by atoms with Crippen molar-refractivity contribution in [3.8, 4) is 0 Å². The molecule has 1 aliphatic rings. The van der Waals surface area contributed by atoms with Crippen molar-refractivity contribution in [2.75, 3.05) is 50.6 Å². The Bertz CT molecular complexity index is 938.